The molecule has 0 unspecified atom stereocenters. The average Bonchev–Trinajstić information content (AvgIpc) is 3.43. The molecular weight excluding hydrogens is 394 g/mol. The van der Waals surface area contributed by atoms with Crippen LogP contribution in [0.25, 0.3) is 0 Å². The highest BCUT2D eigenvalue weighted by atomic mass is 35.5. The number of alkyl halides is 3. The van der Waals surface area contributed by atoms with Gasteiger partial charge in [0, 0.05) is 5.02 Å². The molecule has 1 aliphatic rings. The Balaban J connectivity index is 1.87. The SMILES string of the molecule is C[C@H]([C@H](C(=O)Nc1cc(CC2CC2)ccc1F)c1ccc(Cl)cc1)C(F)(F)F. The molecule has 2 atom stereocenters. The number of carbonyl (C=O) groups is 1. The number of carbonyl (C=O) groups excluding carboxylic acids is 1. The van der Waals surface area contributed by atoms with Gasteiger partial charge in [-0.3, -0.25) is 4.79 Å². The van der Waals surface area contributed by atoms with Gasteiger partial charge in [-0.15, -0.1) is 0 Å². The maximum absolute atomic E-state index is 14.2. The molecule has 28 heavy (non-hydrogen) atoms. The Morgan fingerprint density at radius 3 is 2.39 bits per heavy atom. The molecule has 0 aliphatic heterocycles. The van der Waals surface area contributed by atoms with Crippen molar-refractivity contribution in [2.45, 2.75) is 38.3 Å². The third-order valence-corrected chi connectivity index (χ3v) is 5.29. The summed E-state index contributed by atoms with van der Waals surface area (Å²) in [6, 6.07) is 10.00. The second-order valence-corrected chi connectivity index (χ2v) is 7.75. The Hall–Kier alpha value is -2.08. The number of halogens is 5. The highest BCUT2D eigenvalue weighted by Gasteiger charge is 2.45. The van der Waals surface area contributed by atoms with Gasteiger partial charge in [0.2, 0.25) is 5.91 Å². The smallest absolute Gasteiger partial charge is 0.323 e. The van der Waals surface area contributed by atoms with E-state index in [2.05, 4.69) is 5.32 Å². The predicted molar refractivity (Wildman–Crippen MR) is 101 cm³/mol. The van der Waals surface area contributed by atoms with E-state index in [1.54, 1.807) is 6.07 Å². The molecule has 1 amide bonds. The standard InChI is InChI=1S/C21H20ClF4NO/c1-12(21(24,25)26)19(15-5-7-16(22)8-6-15)20(28)27-18-11-14(4-9-17(18)23)10-13-2-3-13/h4-9,11-13,19H,2-3,10H2,1H3,(H,27,28)/t12-,19+/m1/s1. The molecule has 0 heterocycles. The van der Waals surface area contributed by atoms with Crippen LogP contribution in [0.5, 0.6) is 0 Å². The summed E-state index contributed by atoms with van der Waals surface area (Å²) in [6.45, 7) is 0.943. The van der Waals surface area contributed by atoms with E-state index >= 15 is 0 Å². The molecule has 0 radical (unpaired) electrons. The van der Waals surface area contributed by atoms with E-state index in [4.69, 9.17) is 11.6 Å². The predicted octanol–water partition coefficient (Wildman–Crippen LogP) is 6.35. The summed E-state index contributed by atoms with van der Waals surface area (Å²) in [5, 5.41) is 2.71. The van der Waals surface area contributed by atoms with Gasteiger partial charge in [0.1, 0.15) is 5.82 Å². The molecule has 1 N–H and O–H groups in total. The lowest BCUT2D eigenvalue weighted by Crippen LogP contribution is -2.34. The fourth-order valence-corrected chi connectivity index (χ4v) is 3.31. The van der Waals surface area contributed by atoms with Gasteiger partial charge in [-0.1, -0.05) is 36.7 Å². The minimum Gasteiger partial charge on any atom is -0.323 e. The van der Waals surface area contributed by atoms with Gasteiger partial charge in [0.25, 0.3) is 0 Å². The zero-order valence-corrected chi connectivity index (χ0v) is 15.9. The van der Waals surface area contributed by atoms with Gasteiger partial charge < -0.3 is 5.32 Å². The molecular formula is C21H20ClF4NO. The van der Waals surface area contributed by atoms with E-state index in [0.717, 1.165) is 31.7 Å². The van der Waals surface area contributed by atoms with Gasteiger partial charge in [-0.25, -0.2) is 4.39 Å². The fourth-order valence-electron chi connectivity index (χ4n) is 3.19. The van der Waals surface area contributed by atoms with Crippen LogP contribution in [0.3, 0.4) is 0 Å². The molecule has 0 aromatic heterocycles. The fraction of sp³-hybridized carbons (Fsp3) is 0.381. The van der Waals surface area contributed by atoms with Crippen molar-refractivity contribution in [3.8, 4) is 0 Å². The van der Waals surface area contributed by atoms with Crippen molar-refractivity contribution in [3.05, 3.63) is 64.4 Å². The summed E-state index contributed by atoms with van der Waals surface area (Å²) in [5.41, 5.74) is 0.920. The Labute approximate surface area is 165 Å². The second-order valence-electron chi connectivity index (χ2n) is 7.31. The summed E-state index contributed by atoms with van der Waals surface area (Å²) >= 11 is 5.81. The number of amides is 1. The van der Waals surface area contributed by atoms with Crippen LogP contribution < -0.4 is 5.32 Å². The zero-order valence-electron chi connectivity index (χ0n) is 15.2. The van der Waals surface area contributed by atoms with E-state index in [1.807, 2.05) is 0 Å². The summed E-state index contributed by atoms with van der Waals surface area (Å²) < 4.78 is 54.3. The van der Waals surface area contributed by atoms with Crippen molar-refractivity contribution in [1.82, 2.24) is 0 Å². The molecule has 1 aliphatic carbocycles. The molecule has 1 fully saturated rings. The van der Waals surface area contributed by atoms with Crippen LogP contribution in [0.2, 0.25) is 5.02 Å². The Kier molecular flexibility index (Phi) is 5.98. The molecule has 7 heteroatoms. The monoisotopic (exact) mass is 413 g/mol. The minimum atomic E-state index is -4.59. The van der Waals surface area contributed by atoms with Crippen LogP contribution in [0, 0.1) is 17.7 Å². The van der Waals surface area contributed by atoms with Crippen molar-refractivity contribution in [2.75, 3.05) is 5.32 Å². The topological polar surface area (TPSA) is 29.1 Å². The zero-order chi connectivity index (χ0) is 20.5. The van der Waals surface area contributed by atoms with Gasteiger partial charge in [-0.05, 0) is 60.6 Å². The third-order valence-electron chi connectivity index (χ3n) is 5.04. The lowest BCUT2D eigenvalue weighted by molar-refractivity contribution is -0.178. The first kappa shape index (κ1) is 20.6. The molecule has 3 rings (SSSR count). The van der Waals surface area contributed by atoms with Crippen molar-refractivity contribution in [3.63, 3.8) is 0 Å². The number of anilines is 1. The van der Waals surface area contributed by atoms with Crippen molar-refractivity contribution < 1.29 is 22.4 Å². The minimum absolute atomic E-state index is 0.100. The van der Waals surface area contributed by atoms with Crippen LogP contribution in [-0.2, 0) is 11.2 Å². The first-order chi connectivity index (χ1) is 13.1. The van der Waals surface area contributed by atoms with E-state index in [-0.39, 0.29) is 11.3 Å². The number of benzene rings is 2. The Morgan fingerprint density at radius 2 is 1.82 bits per heavy atom. The lowest BCUT2D eigenvalue weighted by Gasteiger charge is -2.26. The molecule has 0 saturated heterocycles. The van der Waals surface area contributed by atoms with E-state index in [1.165, 1.54) is 36.4 Å². The summed E-state index contributed by atoms with van der Waals surface area (Å²) in [6.07, 6.45) is -1.60. The first-order valence-corrected chi connectivity index (χ1v) is 9.44. The average molecular weight is 414 g/mol. The van der Waals surface area contributed by atoms with Gasteiger partial charge in [0.15, 0.2) is 0 Å². The van der Waals surface area contributed by atoms with Crippen LogP contribution in [0.4, 0.5) is 23.2 Å². The van der Waals surface area contributed by atoms with E-state index < -0.39 is 29.7 Å². The number of rotatable bonds is 6. The summed E-state index contributed by atoms with van der Waals surface area (Å²) in [7, 11) is 0. The maximum Gasteiger partial charge on any atom is 0.392 e. The van der Waals surface area contributed by atoms with Crippen LogP contribution in [-0.4, -0.2) is 12.1 Å². The Morgan fingerprint density at radius 1 is 1.18 bits per heavy atom. The third kappa shape index (κ3) is 5.04. The molecule has 0 bridgehead atoms. The number of hydrogen-bond acceptors (Lipinski definition) is 1. The van der Waals surface area contributed by atoms with Gasteiger partial charge in [-0.2, -0.15) is 13.2 Å². The quantitative estimate of drug-likeness (QED) is 0.549. The number of hydrogen-bond donors (Lipinski definition) is 1. The highest BCUT2D eigenvalue weighted by Crippen LogP contribution is 2.39. The highest BCUT2D eigenvalue weighted by molar-refractivity contribution is 6.30. The lowest BCUT2D eigenvalue weighted by atomic mass is 9.86. The summed E-state index contributed by atoms with van der Waals surface area (Å²) in [4.78, 5) is 12.8. The van der Waals surface area contributed by atoms with Crippen molar-refractivity contribution in [1.29, 1.82) is 0 Å². The molecule has 0 spiro atoms. The van der Waals surface area contributed by atoms with Gasteiger partial charge >= 0.3 is 6.18 Å². The number of nitrogens with one attached hydrogen (secondary N) is 1. The molecule has 150 valence electrons. The van der Waals surface area contributed by atoms with Crippen molar-refractivity contribution in [2.24, 2.45) is 11.8 Å². The molecule has 1 saturated carbocycles. The van der Waals surface area contributed by atoms with Crippen LogP contribution >= 0.6 is 11.6 Å². The second kappa shape index (κ2) is 8.11. The molecule has 2 aromatic carbocycles. The maximum atomic E-state index is 14.2. The largest absolute Gasteiger partial charge is 0.392 e. The summed E-state index contributed by atoms with van der Waals surface area (Å²) in [5.74, 6) is -4.51. The molecule has 2 nitrogen and oxygen atoms in total. The Bertz CT molecular complexity index is 846. The first-order valence-electron chi connectivity index (χ1n) is 9.06. The van der Waals surface area contributed by atoms with Crippen LogP contribution in [0.1, 0.15) is 36.8 Å². The van der Waals surface area contributed by atoms with Crippen LogP contribution in [0.15, 0.2) is 42.5 Å². The van der Waals surface area contributed by atoms with E-state index in [9.17, 15) is 22.4 Å². The van der Waals surface area contributed by atoms with E-state index in [0.29, 0.717) is 10.9 Å². The van der Waals surface area contributed by atoms with Gasteiger partial charge in [0.05, 0.1) is 17.5 Å². The normalized spacial score (nSPS) is 16.5. The molecule has 2 aromatic rings. The van der Waals surface area contributed by atoms with Crippen molar-refractivity contribution >= 4 is 23.2 Å².